The number of hydrogen-bond donors (Lipinski definition) is 0. The molecule has 1 aromatic rings. The molecule has 0 aliphatic rings. The molecule has 3 nitrogen and oxygen atoms in total. The number of hydrogen-bond acceptors (Lipinski definition) is 3. The monoisotopic (exact) mass is 248 g/mol. The van der Waals surface area contributed by atoms with Gasteiger partial charge in [0.2, 0.25) is 0 Å². The summed E-state index contributed by atoms with van der Waals surface area (Å²) in [6.07, 6.45) is 1.63. The van der Waals surface area contributed by atoms with Gasteiger partial charge in [-0.25, -0.2) is 0 Å². The van der Waals surface area contributed by atoms with Gasteiger partial charge in [-0.05, 0) is 25.3 Å². The van der Waals surface area contributed by atoms with Gasteiger partial charge >= 0.3 is 5.97 Å². The highest BCUT2D eigenvalue weighted by atomic mass is 16.5. The number of esters is 1. The zero-order valence-electron chi connectivity index (χ0n) is 11.0. The second-order valence-corrected chi connectivity index (χ2v) is 4.33. The minimum Gasteiger partial charge on any atom is -0.466 e. The van der Waals surface area contributed by atoms with Crippen molar-refractivity contribution in [2.75, 3.05) is 6.61 Å². The van der Waals surface area contributed by atoms with Gasteiger partial charge in [-0.1, -0.05) is 37.3 Å². The van der Waals surface area contributed by atoms with Crippen LogP contribution in [0.15, 0.2) is 30.3 Å². The van der Waals surface area contributed by atoms with Crippen molar-refractivity contribution in [2.45, 2.75) is 39.0 Å². The number of Topliss-reactive ketones (excluding diaryl/α,β-unsaturated/α-hetero) is 1. The average molecular weight is 248 g/mol. The molecule has 0 spiro atoms. The van der Waals surface area contributed by atoms with Crippen LogP contribution in [0.1, 0.15) is 44.6 Å². The molecule has 1 rings (SSSR count). The molecule has 98 valence electrons. The molecule has 0 amide bonds. The molecule has 0 N–H and O–H groups in total. The molecule has 0 radical (unpaired) electrons. The van der Waals surface area contributed by atoms with Crippen molar-refractivity contribution < 1.29 is 14.3 Å². The van der Waals surface area contributed by atoms with E-state index in [1.54, 1.807) is 6.92 Å². The Kier molecular flexibility index (Phi) is 6.12. The molecule has 0 aromatic heterocycles. The van der Waals surface area contributed by atoms with Crippen LogP contribution >= 0.6 is 0 Å². The quantitative estimate of drug-likeness (QED) is 0.696. The molecule has 18 heavy (non-hydrogen) atoms. The molecule has 0 fully saturated rings. The highest BCUT2D eigenvalue weighted by molar-refractivity contribution is 5.84. The van der Waals surface area contributed by atoms with Crippen molar-refractivity contribution in [1.29, 1.82) is 0 Å². The Morgan fingerprint density at radius 2 is 1.89 bits per heavy atom. The number of ether oxygens (including phenoxy) is 1. The minimum atomic E-state index is -0.223. The highest BCUT2D eigenvalue weighted by Crippen LogP contribution is 2.22. The lowest BCUT2D eigenvalue weighted by Gasteiger charge is -2.13. The maximum Gasteiger partial charge on any atom is 0.305 e. The third kappa shape index (κ3) is 4.70. The average Bonchev–Trinajstić information content (AvgIpc) is 2.37. The molecule has 0 bridgehead atoms. The summed E-state index contributed by atoms with van der Waals surface area (Å²) in [5.74, 6) is -0.344. The molecule has 0 aliphatic carbocycles. The third-order valence-corrected chi connectivity index (χ3v) is 2.80. The first-order valence-corrected chi connectivity index (χ1v) is 6.36. The predicted molar refractivity (Wildman–Crippen MR) is 70.3 cm³/mol. The SMILES string of the molecule is CCCOC(=O)CCC(C(C)=O)c1ccccc1. The van der Waals surface area contributed by atoms with Gasteiger partial charge in [0.15, 0.2) is 0 Å². The lowest BCUT2D eigenvalue weighted by Crippen LogP contribution is -2.13. The van der Waals surface area contributed by atoms with Crippen LogP contribution in [-0.2, 0) is 14.3 Å². The Morgan fingerprint density at radius 3 is 2.44 bits per heavy atom. The van der Waals surface area contributed by atoms with Gasteiger partial charge < -0.3 is 4.74 Å². The molecular formula is C15H20O3. The van der Waals surface area contributed by atoms with Gasteiger partial charge in [-0.2, -0.15) is 0 Å². The number of carbonyl (C=O) groups is 2. The standard InChI is InChI=1S/C15H20O3/c1-3-11-18-15(17)10-9-14(12(2)16)13-7-5-4-6-8-13/h4-8,14H,3,9-11H2,1-2H3. The van der Waals surface area contributed by atoms with Crippen molar-refractivity contribution in [2.24, 2.45) is 0 Å². The predicted octanol–water partition coefficient (Wildman–Crippen LogP) is 3.09. The normalized spacial score (nSPS) is 11.9. The van der Waals surface area contributed by atoms with E-state index in [0.717, 1.165) is 12.0 Å². The second kappa shape index (κ2) is 7.64. The lowest BCUT2D eigenvalue weighted by molar-refractivity contribution is -0.143. The first-order valence-electron chi connectivity index (χ1n) is 6.36. The number of rotatable bonds is 7. The smallest absolute Gasteiger partial charge is 0.305 e. The molecule has 1 aromatic carbocycles. The molecule has 0 aliphatic heterocycles. The van der Waals surface area contributed by atoms with Crippen molar-refractivity contribution in [3.05, 3.63) is 35.9 Å². The zero-order valence-corrected chi connectivity index (χ0v) is 11.0. The van der Waals surface area contributed by atoms with Gasteiger partial charge in [0.25, 0.3) is 0 Å². The van der Waals surface area contributed by atoms with Crippen LogP contribution in [0.4, 0.5) is 0 Å². The van der Waals surface area contributed by atoms with Crippen molar-refractivity contribution >= 4 is 11.8 Å². The molecule has 0 saturated carbocycles. The zero-order chi connectivity index (χ0) is 13.4. The van der Waals surface area contributed by atoms with E-state index < -0.39 is 0 Å². The van der Waals surface area contributed by atoms with Gasteiger partial charge in [-0.3, -0.25) is 9.59 Å². The Hall–Kier alpha value is -1.64. The van der Waals surface area contributed by atoms with Crippen LogP contribution in [0.3, 0.4) is 0 Å². The van der Waals surface area contributed by atoms with Gasteiger partial charge in [-0.15, -0.1) is 0 Å². The van der Waals surface area contributed by atoms with Crippen LogP contribution in [-0.4, -0.2) is 18.4 Å². The third-order valence-electron chi connectivity index (χ3n) is 2.80. The molecule has 0 heterocycles. The van der Waals surface area contributed by atoms with E-state index in [1.165, 1.54) is 0 Å². The second-order valence-electron chi connectivity index (χ2n) is 4.33. The summed E-state index contributed by atoms with van der Waals surface area (Å²) in [7, 11) is 0. The van der Waals surface area contributed by atoms with Crippen molar-refractivity contribution in [1.82, 2.24) is 0 Å². The fourth-order valence-electron chi connectivity index (χ4n) is 1.84. The van der Waals surface area contributed by atoms with E-state index in [2.05, 4.69) is 0 Å². The lowest BCUT2D eigenvalue weighted by atomic mass is 9.91. The summed E-state index contributed by atoms with van der Waals surface area (Å²) < 4.78 is 5.01. The summed E-state index contributed by atoms with van der Waals surface area (Å²) >= 11 is 0. The van der Waals surface area contributed by atoms with Crippen molar-refractivity contribution in [3.8, 4) is 0 Å². The Balaban J connectivity index is 2.55. The molecule has 0 saturated heterocycles. The summed E-state index contributed by atoms with van der Waals surface area (Å²) in [6, 6.07) is 9.56. The molecular weight excluding hydrogens is 228 g/mol. The Morgan fingerprint density at radius 1 is 1.22 bits per heavy atom. The molecule has 1 atom stereocenters. The summed E-state index contributed by atoms with van der Waals surface area (Å²) in [4.78, 5) is 23.0. The van der Waals surface area contributed by atoms with Gasteiger partial charge in [0.1, 0.15) is 5.78 Å². The topological polar surface area (TPSA) is 43.4 Å². The van der Waals surface area contributed by atoms with Crippen LogP contribution in [0.2, 0.25) is 0 Å². The van der Waals surface area contributed by atoms with Crippen LogP contribution in [0.25, 0.3) is 0 Å². The maximum absolute atomic E-state index is 11.6. The molecule has 3 heteroatoms. The van der Waals surface area contributed by atoms with Crippen LogP contribution in [0, 0.1) is 0 Å². The molecule has 1 unspecified atom stereocenters. The van der Waals surface area contributed by atoms with Gasteiger partial charge in [0.05, 0.1) is 6.61 Å². The Bertz CT molecular complexity index is 384. The van der Waals surface area contributed by atoms with Crippen molar-refractivity contribution in [3.63, 3.8) is 0 Å². The number of ketones is 1. The van der Waals surface area contributed by atoms with E-state index in [1.807, 2.05) is 37.3 Å². The number of carbonyl (C=O) groups excluding carboxylic acids is 2. The van der Waals surface area contributed by atoms with Crippen LogP contribution in [0.5, 0.6) is 0 Å². The highest BCUT2D eigenvalue weighted by Gasteiger charge is 2.18. The Labute approximate surface area is 108 Å². The van der Waals surface area contributed by atoms with E-state index in [9.17, 15) is 9.59 Å². The van der Waals surface area contributed by atoms with Gasteiger partial charge in [0, 0.05) is 12.3 Å². The number of benzene rings is 1. The van der Waals surface area contributed by atoms with E-state index >= 15 is 0 Å². The van der Waals surface area contributed by atoms with E-state index in [4.69, 9.17) is 4.74 Å². The first-order chi connectivity index (χ1) is 8.65. The largest absolute Gasteiger partial charge is 0.466 e. The van der Waals surface area contributed by atoms with E-state index in [0.29, 0.717) is 19.4 Å². The van der Waals surface area contributed by atoms with E-state index in [-0.39, 0.29) is 17.7 Å². The summed E-state index contributed by atoms with van der Waals surface area (Å²) in [6.45, 7) is 3.97. The fourth-order valence-corrected chi connectivity index (χ4v) is 1.84. The first kappa shape index (κ1) is 14.4. The van der Waals surface area contributed by atoms with Crippen LogP contribution < -0.4 is 0 Å². The summed E-state index contributed by atoms with van der Waals surface area (Å²) in [5.41, 5.74) is 0.966. The fraction of sp³-hybridized carbons (Fsp3) is 0.467. The maximum atomic E-state index is 11.6. The minimum absolute atomic E-state index is 0.0875. The summed E-state index contributed by atoms with van der Waals surface area (Å²) in [5, 5.41) is 0.